The van der Waals surface area contributed by atoms with E-state index in [2.05, 4.69) is 10.1 Å². The third kappa shape index (κ3) is 3.10. The Morgan fingerprint density at radius 3 is 3.00 bits per heavy atom. The van der Waals surface area contributed by atoms with Crippen LogP contribution in [-0.2, 0) is 22.7 Å². The van der Waals surface area contributed by atoms with E-state index in [1.54, 1.807) is 6.92 Å². The van der Waals surface area contributed by atoms with Crippen LogP contribution in [0.2, 0.25) is 0 Å². The Hall–Kier alpha value is -2.63. The Bertz CT molecular complexity index is 760. The predicted octanol–water partition coefficient (Wildman–Crippen LogP) is 2.47. The van der Waals surface area contributed by atoms with Crippen LogP contribution in [0.15, 0.2) is 41.1 Å². The highest BCUT2D eigenvalue weighted by Gasteiger charge is 2.09. The highest BCUT2D eigenvalue weighted by Crippen LogP contribution is 2.15. The van der Waals surface area contributed by atoms with Crippen molar-refractivity contribution in [3.63, 3.8) is 0 Å². The van der Waals surface area contributed by atoms with Crippen LogP contribution in [0.3, 0.4) is 0 Å². The van der Waals surface area contributed by atoms with Gasteiger partial charge in [0.1, 0.15) is 0 Å². The number of carbonyl (C=O) groups is 1. The molecule has 0 N–H and O–H groups in total. The highest BCUT2D eigenvalue weighted by molar-refractivity contribution is 5.80. The number of esters is 1. The molecule has 0 saturated carbocycles. The molecule has 0 saturated heterocycles. The van der Waals surface area contributed by atoms with E-state index in [4.69, 9.17) is 9.26 Å². The summed E-state index contributed by atoms with van der Waals surface area (Å²) >= 11 is 0. The maximum absolute atomic E-state index is 11.7. The Balaban J connectivity index is 1.54. The molecule has 0 aliphatic heterocycles. The van der Waals surface area contributed by atoms with Gasteiger partial charge in [-0.1, -0.05) is 23.4 Å². The molecule has 0 fully saturated rings. The van der Waals surface area contributed by atoms with Crippen molar-refractivity contribution in [2.24, 2.45) is 0 Å². The van der Waals surface area contributed by atoms with Gasteiger partial charge in [-0.05, 0) is 24.4 Å². The van der Waals surface area contributed by atoms with Gasteiger partial charge in [-0.2, -0.15) is 4.98 Å². The van der Waals surface area contributed by atoms with E-state index in [1.165, 1.54) is 0 Å². The van der Waals surface area contributed by atoms with E-state index < -0.39 is 0 Å². The standard InChI is InChI=1S/C15H15N3O3/c1-11-16-14(21-17-11)10-20-15(19)7-9-18-8-6-12-4-2-3-5-13(12)18/h2-6,8H,7,9-10H2,1H3. The maximum Gasteiger partial charge on any atom is 0.308 e. The average Bonchev–Trinajstić information content (AvgIpc) is 3.09. The van der Waals surface area contributed by atoms with Crippen molar-refractivity contribution < 1.29 is 14.1 Å². The van der Waals surface area contributed by atoms with Crippen molar-refractivity contribution in [2.45, 2.75) is 26.5 Å². The molecule has 2 aromatic heterocycles. The fourth-order valence-electron chi connectivity index (χ4n) is 2.16. The smallest absolute Gasteiger partial charge is 0.308 e. The first-order chi connectivity index (χ1) is 10.2. The number of para-hydroxylation sites is 1. The Kier molecular flexibility index (Phi) is 3.68. The van der Waals surface area contributed by atoms with Crippen LogP contribution < -0.4 is 0 Å². The molecule has 0 spiro atoms. The molecule has 0 aliphatic rings. The van der Waals surface area contributed by atoms with Crippen LogP contribution in [0.5, 0.6) is 0 Å². The van der Waals surface area contributed by atoms with Gasteiger partial charge in [0.05, 0.1) is 6.42 Å². The molecule has 0 aliphatic carbocycles. The van der Waals surface area contributed by atoms with E-state index in [-0.39, 0.29) is 12.6 Å². The van der Waals surface area contributed by atoms with Crippen molar-refractivity contribution in [1.82, 2.24) is 14.7 Å². The lowest BCUT2D eigenvalue weighted by molar-refractivity contribution is -0.146. The lowest BCUT2D eigenvalue weighted by Gasteiger charge is -2.05. The summed E-state index contributed by atoms with van der Waals surface area (Å²) < 4.78 is 12.0. The SMILES string of the molecule is Cc1noc(COC(=O)CCn2ccc3ccccc32)n1. The molecule has 108 valence electrons. The topological polar surface area (TPSA) is 70.2 Å². The third-order valence-corrected chi connectivity index (χ3v) is 3.16. The maximum atomic E-state index is 11.7. The molecule has 2 heterocycles. The summed E-state index contributed by atoms with van der Waals surface area (Å²) in [5.74, 6) is 0.552. The number of carbonyl (C=O) groups excluding carboxylic acids is 1. The number of ether oxygens (including phenoxy) is 1. The first-order valence-corrected chi connectivity index (χ1v) is 6.71. The van der Waals surface area contributed by atoms with Crippen LogP contribution >= 0.6 is 0 Å². The van der Waals surface area contributed by atoms with Gasteiger partial charge >= 0.3 is 5.97 Å². The summed E-state index contributed by atoms with van der Waals surface area (Å²) in [6, 6.07) is 10.1. The summed E-state index contributed by atoms with van der Waals surface area (Å²) in [7, 11) is 0. The normalized spacial score (nSPS) is 10.9. The number of fused-ring (bicyclic) bond motifs is 1. The molecule has 0 bridgehead atoms. The minimum absolute atomic E-state index is 0.0199. The lowest BCUT2D eigenvalue weighted by Crippen LogP contribution is -2.09. The summed E-state index contributed by atoms with van der Waals surface area (Å²) in [5.41, 5.74) is 1.11. The second-order valence-electron chi connectivity index (χ2n) is 4.71. The van der Waals surface area contributed by atoms with Crippen molar-refractivity contribution in [1.29, 1.82) is 0 Å². The van der Waals surface area contributed by atoms with Crippen molar-refractivity contribution in [3.05, 3.63) is 48.2 Å². The molecular formula is C15H15N3O3. The number of nitrogens with zero attached hydrogens (tertiary/aromatic N) is 3. The predicted molar refractivity (Wildman–Crippen MR) is 75.4 cm³/mol. The third-order valence-electron chi connectivity index (χ3n) is 3.16. The molecule has 3 aromatic rings. The summed E-state index contributed by atoms with van der Waals surface area (Å²) in [6.45, 7) is 2.31. The van der Waals surface area contributed by atoms with E-state index in [9.17, 15) is 4.79 Å². The number of hydrogen-bond acceptors (Lipinski definition) is 5. The van der Waals surface area contributed by atoms with Gasteiger partial charge in [0.25, 0.3) is 5.89 Å². The molecule has 3 rings (SSSR count). The molecule has 0 amide bonds. The van der Waals surface area contributed by atoms with Crippen LogP contribution in [0, 0.1) is 6.92 Å². The minimum Gasteiger partial charge on any atom is -0.456 e. The van der Waals surface area contributed by atoms with E-state index in [1.807, 2.05) is 41.1 Å². The van der Waals surface area contributed by atoms with Crippen molar-refractivity contribution in [3.8, 4) is 0 Å². The number of aromatic nitrogens is 3. The summed E-state index contributed by atoms with van der Waals surface area (Å²) in [6.07, 6.45) is 2.27. The summed E-state index contributed by atoms with van der Waals surface area (Å²) in [5, 5.41) is 4.79. The van der Waals surface area contributed by atoms with E-state index in [0.29, 0.717) is 24.7 Å². The fraction of sp³-hybridized carbons (Fsp3) is 0.267. The second-order valence-corrected chi connectivity index (χ2v) is 4.71. The monoisotopic (exact) mass is 285 g/mol. The molecule has 0 radical (unpaired) electrons. The van der Waals surface area contributed by atoms with Gasteiger partial charge in [0.15, 0.2) is 12.4 Å². The molecule has 1 aromatic carbocycles. The zero-order valence-corrected chi connectivity index (χ0v) is 11.7. The van der Waals surface area contributed by atoms with Crippen molar-refractivity contribution in [2.75, 3.05) is 0 Å². The van der Waals surface area contributed by atoms with Crippen LogP contribution in [0.4, 0.5) is 0 Å². The lowest BCUT2D eigenvalue weighted by atomic mass is 10.2. The number of aryl methyl sites for hydroxylation is 2. The minimum atomic E-state index is -0.288. The number of benzene rings is 1. The second kappa shape index (κ2) is 5.78. The Morgan fingerprint density at radius 2 is 2.19 bits per heavy atom. The van der Waals surface area contributed by atoms with E-state index >= 15 is 0 Å². The van der Waals surface area contributed by atoms with Crippen LogP contribution in [-0.4, -0.2) is 20.7 Å². The summed E-state index contributed by atoms with van der Waals surface area (Å²) in [4.78, 5) is 15.7. The molecule has 21 heavy (non-hydrogen) atoms. The van der Waals surface area contributed by atoms with Crippen LogP contribution in [0.1, 0.15) is 18.1 Å². The van der Waals surface area contributed by atoms with Crippen LogP contribution in [0.25, 0.3) is 10.9 Å². The zero-order valence-electron chi connectivity index (χ0n) is 11.7. The van der Waals surface area contributed by atoms with Gasteiger partial charge in [-0.25, -0.2) is 0 Å². The molecule has 0 atom stereocenters. The van der Waals surface area contributed by atoms with Crippen molar-refractivity contribution >= 4 is 16.9 Å². The molecular weight excluding hydrogens is 270 g/mol. The fourth-order valence-corrected chi connectivity index (χ4v) is 2.16. The van der Waals surface area contributed by atoms with Gasteiger partial charge in [0.2, 0.25) is 0 Å². The average molecular weight is 285 g/mol. The highest BCUT2D eigenvalue weighted by atomic mass is 16.6. The quantitative estimate of drug-likeness (QED) is 0.673. The van der Waals surface area contributed by atoms with E-state index in [0.717, 1.165) is 10.9 Å². The molecule has 6 heteroatoms. The zero-order chi connectivity index (χ0) is 14.7. The van der Waals surface area contributed by atoms with Gasteiger partial charge < -0.3 is 13.8 Å². The molecule has 6 nitrogen and oxygen atoms in total. The Labute approximate surface area is 121 Å². The molecule has 0 unspecified atom stereocenters. The van der Waals surface area contributed by atoms with Gasteiger partial charge in [-0.15, -0.1) is 0 Å². The van der Waals surface area contributed by atoms with Gasteiger partial charge in [-0.3, -0.25) is 4.79 Å². The van der Waals surface area contributed by atoms with Gasteiger partial charge in [0, 0.05) is 18.3 Å². The Morgan fingerprint density at radius 1 is 1.33 bits per heavy atom. The first kappa shape index (κ1) is 13.4. The largest absolute Gasteiger partial charge is 0.456 e. The first-order valence-electron chi connectivity index (χ1n) is 6.71. The number of hydrogen-bond donors (Lipinski definition) is 0. The number of rotatable bonds is 5.